The van der Waals surface area contributed by atoms with E-state index in [4.69, 9.17) is 4.74 Å². The van der Waals surface area contributed by atoms with Crippen LogP contribution >= 0.6 is 15.9 Å². The van der Waals surface area contributed by atoms with Crippen molar-refractivity contribution in [2.24, 2.45) is 5.92 Å². The van der Waals surface area contributed by atoms with Crippen LogP contribution in [0, 0.1) is 5.92 Å². The van der Waals surface area contributed by atoms with E-state index in [9.17, 15) is 18.3 Å². The summed E-state index contributed by atoms with van der Waals surface area (Å²) in [6.45, 7) is 1.95. The summed E-state index contributed by atoms with van der Waals surface area (Å²) in [5.41, 5.74) is 0. The van der Waals surface area contributed by atoms with Crippen molar-refractivity contribution in [2.45, 2.75) is 30.7 Å². The number of hydrogen-bond donors (Lipinski definition) is 1. The molecule has 0 unspecified atom stereocenters. The number of sulfonamides is 1. The Balaban J connectivity index is 2.46. The van der Waals surface area contributed by atoms with Crippen LogP contribution in [0.2, 0.25) is 0 Å². The summed E-state index contributed by atoms with van der Waals surface area (Å²) in [7, 11) is -2.42. The van der Waals surface area contributed by atoms with E-state index in [1.54, 1.807) is 19.1 Å². The molecule has 2 rings (SSSR count). The largest absolute Gasteiger partial charge is 0.495 e. The number of carbonyl (C=O) groups is 1. The van der Waals surface area contributed by atoms with E-state index in [0.29, 0.717) is 23.9 Å². The lowest BCUT2D eigenvalue weighted by Gasteiger charge is -2.36. The van der Waals surface area contributed by atoms with Crippen LogP contribution in [-0.4, -0.2) is 43.5 Å². The molecule has 6 nitrogen and oxygen atoms in total. The Labute approximate surface area is 138 Å². The van der Waals surface area contributed by atoms with Crippen LogP contribution in [0.5, 0.6) is 5.75 Å². The van der Waals surface area contributed by atoms with Gasteiger partial charge in [-0.05, 0) is 38.0 Å². The molecule has 0 saturated carbocycles. The SMILES string of the molecule is COc1ccc(Br)cc1S(=O)(=O)N1CCC[C@H](C(=O)O)[C@@H]1C. The highest BCUT2D eigenvalue weighted by molar-refractivity contribution is 9.10. The highest BCUT2D eigenvalue weighted by Crippen LogP contribution is 2.34. The molecule has 1 heterocycles. The minimum Gasteiger partial charge on any atom is -0.495 e. The van der Waals surface area contributed by atoms with E-state index in [1.807, 2.05) is 0 Å². The second kappa shape index (κ2) is 6.55. The van der Waals surface area contributed by atoms with Crippen molar-refractivity contribution in [3.63, 3.8) is 0 Å². The van der Waals surface area contributed by atoms with Gasteiger partial charge in [0.1, 0.15) is 10.6 Å². The monoisotopic (exact) mass is 391 g/mol. The number of ether oxygens (including phenoxy) is 1. The van der Waals surface area contributed by atoms with E-state index >= 15 is 0 Å². The van der Waals surface area contributed by atoms with Crippen molar-refractivity contribution in [1.82, 2.24) is 4.31 Å². The first kappa shape index (κ1) is 17.2. The van der Waals surface area contributed by atoms with E-state index in [1.165, 1.54) is 17.5 Å². The van der Waals surface area contributed by atoms with Gasteiger partial charge in [0.15, 0.2) is 0 Å². The smallest absolute Gasteiger partial charge is 0.308 e. The number of aliphatic carboxylic acids is 1. The fourth-order valence-electron chi connectivity index (χ4n) is 2.76. The molecule has 0 radical (unpaired) electrons. The molecule has 1 aromatic carbocycles. The van der Waals surface area contributed by atoms with Crippen LogP contribution in [0.4, 0.5) is 0 Å². The van der Waals surface area contributed by atoms with E-state index in [0.717, 1.165) is 0 Å². The fourth-order valence-corrected chi connectivity index (χ4v) is 5.16. The van der Waals surface area contributed by atoms with Gasteiger partial charge >= 0.3 is 5.97 Å². The average molecular weight is 392 g/mol. The topological polar surface area (TPSA) is 83.9 Å². The van der Waals surface area contributed by atoms with Gasteiger partial charge in [0.2, 0.25) is 10.0 Å². The van der Waals surface area contributed by atoms with Crippen molar-refractivity contribution in [3.05, 3.63) is 22.7 Å². The maximum Gasteiger partial charge on any atom is 0.308 e. The van der Waals surface area contributed by atoms with Gasteiger partial charge in [-0.3, -0.25) is 4.79 Å². The lowest BCUT2D eigenvalue weighted by atomic mass is 9.92. The van der Waals surface area contributed by atoms with Crippen molar-refractivity contribution >= 4 is 31.9 Å². The number of nitrogens with zero attached hydrogens (tertiary/aromatic N) is 1. The zero-order valence-electron chi connectivity index (χ0n) is 12.3. The molecule has 1 fully saturated rings. The highest BCUT2D eigenvalue weighted by Gasteiger charge is 2.40. The van der Waals surface area contributed by atoms with E-state index in [2.05, 4.69) is 15.9 Å². The highest BCUT2D eigenvalue weighted by atomic mass is 79.9. The number of piperidine rings is 1. The number of carboxylic acid groups (broad SMARTS) is 1. The Morgan fingerprint density at radius 3 is 2.73 bits per heavy atom. The van der Waals surface area contributed by atoms with Crippen LogP contribution in [0.1, 0.15) is 19.8 Å². The lowest BCUT2D eigenvalue weighted by Crippen LogP contribution is -2.49. The third kappa shape index (κ3) is 3.13. The Morgan fingerprint density at radius 1 is 1.45 bits per heavy atom. The van der Waals surface area contributed by atoms with Crippen molar-refractivity contribution in [2.75, 3.05) is 13.7 Å². The molecule has 1 aromatic rings. The van der Waals surface area contributed by atoms with Crippen LogP contribution < -0.4 is 4.74 Å². The number of carboxylic acids is 1. The lowest BCUT2D eigenvalue weighted by molar-refractivity contribution is -0.144. The summed E-state index contributed by atoms with van der Waals surface area (Å²) in [6, 6.07) is 4.14. The second-order valence-corrected chi connectivity index (χ2v) is 8.01. The van der Waals surface area contributed by atoms with Crippen LogP contribution in [0.25, 0.3) is 0 Å². The molecule has 2 atom stereocenters. The van der Waals surface area contributed by atoms with Gasteiger partial charge in [0.25, 0.3) is 0 Å². The zero-order valence-corrected chi connectivity index (χ0v) is 14.7. The minimum atomic E-state index is -3.83. The van der Waals surface area contributed by atoms with E-state index < -0.39 is 28.0 Å². The fraction of sp³-hybridized carbons (Fsp3) is 0.500. The Hall–Kier alpha value is -1.12. The number of rotatable bonds is 4. The maximum absolute atomic E-state index is 12.9. The zero-order chi connectivity index (χ0) is 16.5. The first-order valence-corrected chi connectivity index (χ1v) is 9.10. The molecule has 0 aliphatic carbocycles. The third-order valence-corrected chi connectivity index (χ3v) is 6.46. The summed E-state index contributed by atoms with van der Waals surface area (Å²) in [5, 5.41) is 9.25. The predicted molar refractivity (Wildman–Crippen MR) is 84.4 cm³/mol. The Kier molecular flexibility index (Phi) is 5.14. The molecule has 0 aromatic heterocycles. The molecule has 1 aliphatic rings. The van der Waals surface area contributed by atoms with Gasteiger partial charge in [-0.25, -0.2) is 8.42 Å². The predicted octanol–water partition coefficient (Wildman–Crippen LogP) is 2.33. The molecule has 1 saturated heterocycles. The molecule has 0 spiro atoms. The molecule has 0 amide bonds. The van der Waals surface area contributed by atoms with Crippen LogP contribution in [0.15, 0.2) is 27.6 Å². The van der Waals surface area contributed by atoms with Crippen LogP contribution in [0.3, 0.4) is 0 Å². The first-order valence-electron chi connectivity index (χ1n) is 6.87. The third-order valence-electron chi connectivity index (χ3n) is 3.96. The molecule has 122 valence electrons. The molecule has 22 heavy (non-hydrogen) atoms. The summed E-state index contributed by atoms with van der Waals surface area (Å²) >= 11 is 3.26. The average Bonchev–Trinajstić information content (AvgIpc) is 2.46. The summed E-state index contributed by atoms with van der Waals surface area (Å²) in [5.74, 6) is -1.41. The molecule has 8 heteroatoms. The molecular weight excluding hydrogens is 374 g/mol. The standard InChI is InChI=1S/C14H18BrNO5S/c1-9-11(14(17)18)4-3-7-16(9)22(19,20)13-8-10(15)5-6-12(13)21-2/h5-6,8-9,11H,3-4,7H2,1-2H3,(H,17,18)/t9-,11-/m0/s1. The number of benzene rings is 1. The van der Waals surface area contributed by atoms with Crippen molar-refractivity contribution in [3.8, 4) is 5.75 Å². The molecule has 0 bridgehead atoms. The van der Waals surface area contributed by atoms with Gasteiger partial charge in [-0.2, -0.15) is 4.31 Å². The maximum atomic E-state index is 12.9. The normalized spacial score (nSPS) is 23.2. The van der Waals surface area contributed by atoms with Gasteiger partial charge < -0.3 is 9.84 Å². The first-order chi connectivity index (χ1) is 10.3. The molecule has 1 aliphatic heterocycles. The van der Waals surface area contributed by atoms with Crippen molar-refractivity contribution in [1.29, 1.82) is 0 Å². The van der Waals surface area contributed by atoms with Gasteiger partial charge in [-0.1, -0.05) is 15.9 Å². The Morgan fingerprint density at radius 2 is 2.14 bits per heavy atom. The van der Waals surface area contributed by atoms with Crippen LogP contribution in [-0.2, 0) is 14.8 Å². The van der Waals surface area contributed by atoms with Gasteiger partial charge in [0, 0.05) is 17.1 Å². The quantitative estimate of drug-likeness (QED) is 0.851. The summed E-state index contributed by atoms with van der Waals surface area (Å²) in [6.07, 6.45) is 1.01. The van der Waals surface area contributed by atoms with Crippen molar-refractivity contribution < 1.29 is 23.1 Å². The number of halogens is 1. The number of methoxy groups -OCH3 is 1. The second-order valence-electron chi connectivity index (χ2n) is 5.24. The molecular formula is C14H18BrNO5S. The molecule has 1 N–H and O–H groups in total. The summed E-state index contributed by atoms with van der Waals surface area (Å²) < 4.78 is 32.9. The van der Waals surface area contributed by atoms with Gasteiger partial charge in [-0.15, -0.1) is 0 Å². The van der Waals surface area contributed by atoms with Gasteiger partial charge in [0.05, 0.1) is 13.0 Å². The minimum absolute atomic E-state index is 0.0438. The number of hydrogen-bond acceptors (Lipinski definition) is 4. The Bertz CT molecular complexity index is 676. The summed E-state index contributed by atoms with van der Waals surface area (Å²) in [4.78, 5) is 11.3. The van der Waals surface area contributed by atoms with E-state index in [-0.39, 0.29) is 10.6 Å².